The first kappa shape index (κ1) is 34.3. The maximum atomic E-state index is 12.2. The standard InChI is InChI=1S/C40H56O/c1-30(18-13-20-32(3)23-25-36-34(5)22-15-28-39(36,7)8)16-11-12-17-31(2)19-14-21-33(4)24-26-37-35(6)38(41)27-29-40(37,9)10/h11-14,16-21,23-26,34,36H,15,22,27-29H2,1-10H3/b12-11+,18-13+,19-14+,25-23+,26-24+,30-16+,31-17+,32-20+,33-21+. The molecular formula is C40H56O. The summed E-state index contributed by atoms with van der Waals surface area (Å²) in [4.78, 5) is 12.2. The molecule has 1 heteroatoms. The molecule has 0 aromatic carbocycles. The highest BCUT2D eigenvalue weighted by molar-refractivity contribution is 5.97. The van der Waals surface area contributed by atoms with Gasteiger partial charge in [0.1, 0.15) is 0 Å². The SMILES string of the molecule is CC1=C(/C=C/C(C)=C/C=C/C(C)=C/C=C/C=C(C)/C=C/C=C(C)/C=C/C2C(C)CCCC2(C)C)C(C)(C)CCC1=O. The minimum atomic E-state index is 0.0522. The van der Waals surface area contributed by atoms with Crippen LogP contribution in [0.4, 0.5) is 0 Å². The van der Waals surface area contributed by atoms with Crippen LogP contribution in [0.2, 0.25) is 0 Å². The van der Waals surface area contributed by atoms with Gasteiger partial charge in [-0.2, -0.15) is 0 Å². The van der Waals surface area contributed by atoms with Crippen LogP contribution in [-0.2, 0) is 4.79 Å². The zero-order valence-electron chi connectivity index (χ0n) is 27.7. The maximum absolute atomic E-state index is 12.2. The summed E-state index contributed by atoms with van der Waals surface area (Å²) in [5.41, 5.74) is 7.40. The average Bonchev–Trinajstić information content (AvgIpc) is 2.88. The van der Waals surface area contributed by atoms with E-state index in [1.54, 1.807) is 0 Å². The maximum Gasteiger partial charge on any atom is 0.158 e. The van der Waals surface area contributed by atoms with Gasteiger partial charge in [-0.15, -0.1) is 0 Å². The molecule has 41 heavy (non-hydrogen) atoms. The Morgan fingerprint density at radius 2 is 1.24 bits per heavy atom. The van der Waals surface area contributed by atoms with E-state index in [1.807, 2.05) is 6.92 Å². The Kier molecular flexibility index (Phi) is 13.3. The van der Waals surface area contributed by atoms with Gasteiger partial charge < -0.3 is 0 Å². The number of hydrogen-bond donors (Lipinski definition) is 0. The first-order valence-corrected chi connectivity index (χ1v) is 15.6. The summed E-state index contributed by atoms with van der Waals surface area (Å²) >= 11 is 0. The monoisotopic (exact) mass is 552 g/mol. The molecule has 2 atom stereocenters. The highest BCUT2D eigenvalue weighted by atomic mass is 16.1. The van der Waals surface area contributed by atoms with Gasteiger partial charge in [0.25, 0.3) is 0 Å². The zero-order valence-corrected chi connectivity index (χ0v) is 27.7. The fourth-order valence-corrected chi connectivity index (χ4v) is 6.01. The van der Waals surface area contributed by atoms with Crippen LogP contribution in [-0.4, -0.2) is 5.78 Å². The van der Waals surface area contributed by atoms with Crippen LogP contribution >= 0.6 is 0 Å². The van der Waals surface area contributed by atoms with Gasteiger partial charge in [-0.05, 0) is 81.3 Å². The van der Waals surface area contributed by atoms with Crippen LogP contribution in [0.3, 0.4) is 0 Å². The number of Topliss-reactive ketones (excluding diaryl/α,β-unsaturated/α-hetero) is 1. The molecule has 0 N–H and O–H groups in total. The molecule has 0 spiro atoms. The van der Waals surface area contributed by atoms with Crippen molar-refractivity contribution in [2.75, 3.05) is 0 Å². The average molecular weight is 553 g/mol. The molecule has 0 amide bonds. The topological polar surface area (TPSA) is 17.1 Å². The summed E-state index contributed by atoms with van der Waals surface area (Å²) < 4.78 is 0. The van der Waals surface area contributed by atoms with Crippen LogP contribution in [0.5, 0.6) is 0 Å². The second-order valence-electron chi connectivity index (χ2n) is 13.7. The van der Waals surface area contributed by atoms with Crippen molar-refractivity contribution in [2.24, 2.45) is 22.7 Å². The van der Waals surface area contributed by atoms with Gasteiger partial charge >= 0.3 is 0 Å². The molecule has 222 valence electrons. The minimum Gasteiger partial charge on any atom is -0.295 e. The summed E-state index contributed by atoms with van der Waals surface area (Å²) in [6.45, 7) is 22.2. The van der Waals surface area contributed by atoms with Crippen molar-refractivity contribution in [3.8, 4) is 0 Å². The predicted octanol–water partition coefficient (Wildman–Crippen LogP) is 11.7. The molecule has 2 rings (SSSR count). The number of hydrogen-bond acceptors (Lipinski definition) is 1. The fraction of sp³-hybridized carbons (Fsp3) is 0.475. The molecule has 0 aliphatic heterocycles. The van der Waals surface area contributed by atoms with E-state index < -0.39 is 0 Å². The molecular weight excluding hydrogens is 496 g/mol. The first-order chi connectivity index (χ1) is 19.2. The third-order valence-corrected chi connectivity index (χ3v) is 8.87. The normalized spacial score (nSPS) is 25.3. The van der Waals surface area contributed by atoms with E-state index in [9.17, 15) is 4.79 Å². The largest absolute Gasteiger partial charge is 0.295 e. The molecule has 2 aliphatic carbocycles. The van der Waals surface area contributed by atoms with Gasteiger partial charge in [0.15, 0.2) is 5.78 Å². The van der Waals surface area contributed by atoms with Gasteiger partial charge in [0, 0.05) is 6.42 Å². The third-order valence-electron chi connectivity index (χ3n) is 8.87. The van der Waals surface area contributed by atoms with E-state index in [0.717, 1.165) is 23.5 Å². The van der Waals surface area contributed by atoms with Crippen molar-refractivity contribution >= 4 is 5.78 Å². The molecule has 0 aromatic heterocycles. The number of rotatable bonds is 10. The lowest BCUT2D eigenvalue weighted by Gasteiger charge is -2.41. The Hall–Kier alpha value is -2.93. The Morgan fingerprint density at radius 3 is 1.80 bits per heavy atom. The summed E-state index contributed by atoms with van der Waals surface area (Å²) in [5.74, 6) is 1.71. The molecule has 2 unspecified atom stereocenters. The molecule has 1 fully saturated rings. The van der Waals surface area contributed by atoms with E-state index in [4.69, 9.17) is 0 Å². The second kappa shape index (κ2) is 15.9. The summed E-state index contributed by atoms with van der Waals surface area (Å²) in [5, 5.41) is 0. The van der Waals surface area contributed by atoms with Crippen molar-refractivity contribution < 1.29 is 4.79 Å². The lowest BCUT2D eigenvalue weighted by molar-refractivity contribution is -0.116. The highest BCUT2D eigenvalue weighted by Gasteiger charge is 2.34. The molecule has 0 heterocycles. The highest BCUT2D eigenvalue weighted by Crippen LogP contribution is 2.44. The molecule has 2 aliphatic rings. The van der Waals surface area contributed by atoms with E-state index in [2.05, 4.69) is 147 Å². The lowest BCUT2D eigenvalue weighted by atomic mass is 9.64. The first-order valence-electron chi connectivity index (χ1n) is 15.6. The Bertz CT molecular complexity index is 1220. The van der Waals surface area contributed by atoms with Crippen molar-refractivity contribution in [3.05, 3.63) is 119 Å². The van der Waals surface area contributed by atoms with Crippen LogP contribution in [0, 0.1) is 22.7 Å². The van der Waals surface area contributed by atoms with Gasteiger partial charge in [-0.3, -0.25) is 4.79 Å². The quantitative estimate of drug-likeness (QED) is 0.246. The van der Waals surface area contributed by atoms with E-state index in [-0.39, 0.29) is 11.2 Å². The smallest absolute Gasteiger partial charge is 0.158 e. The second-order valence-corrected chi connectivity index (χ2v) is 13.7. The number of carbonyl (C=O) groups excluding carboxylic acids is 1. The molecule has 1 nitrogen and oxygen atoms in total. The van der Waals surface area contributed by atoms with Crippen molar-refractivity contribution in [1.82, 2.24) is 0 Å². The summed E-state index contributed by atoms with van der Waals surface area (Å²) in [6, 6.07) is 0. The molecule has 0 saturated heterocycles. The summed E-state index contributed by atoms with van der Waals surface area (Å²) in [6.07, 6.45) is 35.9. The molecule has 1 saturated carbocycles. The van der Waals surface area contributed by atoms with Crippen LogP contribution in [0.15, 0.2) is 119 Å². The minimum absolute atomic E-state index is 0.0522. The Labute approximate surface area is 252 Å². The van der Waals surface area contributed by atoms with Gasteiger partial charge in [-0.1, -0.05) is 155 Å². The van der Waals surface area contributed by atoms with Gasteiger partial charge in [-0.25, -0.2) is 0 Å². The van der Waals surface area contributed by atoms with Gasteiger partial charge in [0.05, 0.1) is 0 Å². The van der Waals surface area contributed by atoms with E-state index in [0.29, 0.717) is 17.8 Å². The van der Waals surface area contributed by atoms with Crippen LogP contribution in [0.25, 0.3) is 0 Å². The lowest BCUT2D eigenvalue weighted by Crippen LogP contribution is -2.32. The van der Waals surface area contributed by atoms with Crippen molar-refractivity contribution in [1.29, 1.82) is 0 Å². The zero-order chi connectivity index (χ0) is 30.6. The van der Waals surface area contributed by atoms with E-state index in [1.165, 1.54) is 41.6 Å². The molecule has 0 bridgehead atoms. The van der Waals surface area contributed by atoms with Crippen LogP contribution < -0.4 is 0 Å². The molecule has 0 aromatic rings. The predicted molar refractivity (Wildman–Crippen MR) is 182 cm³/mol. The number of ketones is 1. The number of allylic oxidation sites excluding steroid dienone is 20. The van der Waals surface area contributed by atoms with Crippen molar-refractivity contribution in [2.45, 2.75) is 101 Å². The number of carbonyl (C=O) groups is 1. The Morgan fingerprint density at radius 1 is 0.732 bits per heavy atom. The van der Waals surface area contributed by atoms with Crippen molar-refractivity contribution in [3.63, 3.8) is 0 Å². The molecule has 0 radical (unpaired) electrons. The van der Waals surface area contributed by atoms with E-state index >= 15 is 0 Å². The third kappa shape index (κ3) is 11.5. The summed E-state index contributed by atoms with van der Waals surface area (Å²) in [7, 11) is 0. The Balaban J connectivity index is 1.89. The fourth-order valence-electron chi connectivity index (χ4n) is 6.01. The van der Waals surface area contributed by atoms with Crippen LogP contribution in [0.1, 0.15) is 101 Å². The van der Waals surface area contributed by atoms with Gasteiger partial charge in [0.2, 0.25) is 0 Å².